The van der Waals surface area contributed by atoms with Gasteiger partial charge in [0, 0.05) is 17.1 Å². The summed E-state index contributed by atoms with van der Waals surface area (Å²) in [7, 11) is 3.27. The molecular formula is C17H20Cl3NO2. The highest BCUT2D eigenvalue weighted by molar-refractivity contribution is 6.35. The van der Waals surface area contributed by atoms with Crippen LogP contribution in [-0.2, 0) is 13.0 Å². The Hall–Kier alpha value is -1.13. The van der Waals surface area contributed by atoms with E-state index in [2.05, 4.69) is 17.4 Å². The largest absolute Gasteiger partial charge is 0.497 e. The summed E-state index contributed by atoms with van der Waals surface area (Å²) in [6.45, 7) is 1.50. The van der Waals surface area contributed by atoms with Crippen LogP contribution in [0.4, 0.5) is 0 Å². The molecule has 0 radical (unpaired) electrons. The maximum absolute atomic E-state index is 6.12. The molecule has 0 amide bonds. The molecule has 0 fully saturated rings. The highest BCUT2D eigenvalue weighted by atomic mass is 35.5. The predicted octanol–water partition coefficient (Wildman–Crippen LogP) is 4.76. The zero-order valence-electron chi connectivity index (χ0n) is 13.1. The quantitative estimate of drug-likeness (QED) is 0.706. The molecule has 23 heavy (non-hydrogen) atoms. The normalized spacial score (nSPS) is 10.1. The van der Waals surface area contributed by atoms with Gasteiger partial charge in [0.15, 0.2) is 0 Å². The molecule has 2 aromatic rings. The van der Waals surface area contributed by atoms with Crippen LogP contribution in [0.5, 0.6) is 11.5 Å². The van der Waals surface area contributed by atoms with E-state index in [0.717, 1.165) is 24.3 Å². The monoisotopic (exact) mass is 375 g/mol. The van der Waals surface area contributed by atoms with Gasteiger partial charge in [0.1, 0.15) is 11.5 Å². The third kappa shape index (κ3) is 5.78. The Kier molecular flexibility index (Phi) is 8.56. The first-order valence-electron chi connectivity index (χ1n) is 6.99. The van der Waals surface area contributed by atoms with Gasteiger partial charge in [-0.15, -0.1) is 12.4 Å². The van der Waals surface area contributed by atoms with Gasteiger partial charge in [0.05, 0.1) is 19.2 Å². The number of halogens is 3. The van der Waals surface area contributed by atoms with Crippen molar-refractivity contribution >= 4 is 35.6 Å². The SMILES string of the molecule is COc1ccc(CCNCc2cc(Cl)cc(Cl)c2OC)cc1.Cl. The predicted molar refractivity (Wildman–Crippen MR) is 98.7 cm³/mol. The number of hydrogen-bond acceptors (Lipinski definition) is 3. The third-order valence-electron chi connectivity index (χ3n) is 3.35. The van der Waals surface area contributed by atoms with E-state index in [0.29, 0.717) is 22.3 Å². The maximum Gasteiger partial charge on any atom is 0.142 e. The van der Waals surface area contributed by atoms with E-state index in [4.69, 9.17) is 32.7 Å². The topological polar surface area (TPSA) is 30.5 Å². The summed E-state index contributed by atoms with van der Waals surface area (Å²) in [5.74, 6) is 1.54. The fraction of sp³-hybridized carbons (Fsp3) is 0.294. The van der Waals surface area contributed by atoms with Crippen molar-refractivity contribution in [2.24, 2.45) is 0 Å². The van der Waals surface area contributed by atoms with Gasteiger partial charge >= 0.3 is 0 Å². The molecule has 0 heterocycles. The second kappa shape index (κ2) is 9.89. The summed E-state index contributed by atoms with van der Waals surface area (Å²) in [5.41, 5.74) is 2.21. The Bertz CT molecular complexity index is 618. The molecule has 0 saturated carbocycles. The van der Waals surface area contributed by atoms with Gasteiger partial charge in [-0.2, -0.15) is 0 Å². The summed E-state index contributed by atoms with van der Waals surface area (Å²) in [6, 6.07) is 11.6. The fourth-order valence-corrected chi connectivity index (χ4v) is 2.83. The van der Waals surface area contributed by atoms with E-state index in [9.17, 15) is 0 Å². The van der Waals surface area contributed by atoms with Crippen molar-refractivity contribution in [3.63, 3.8) is 0 Å². The summed E-state index contributed by atoms with van der Waals surface area (Å²) < 4.78 is 10.5. The summed E-state index contributed by atoms with van der Waals surface area (Å²) >= 11 is 12.2. The molecule has 0 aliphatic rings. The number of hydrogen-bond donors (Lipinski definition) is 1. The molecule has 126 valence electrons. The second-order valence-electron chi connectivity index (χ2n) is 4.85. The molecule has 0 spiro atoms. The molecule has 3 nitrogen and oxygen atoms in total. The first-order chi connectivity index (χ1) is 10.6. The van der Waals surface area contributed by atoms with E-state index in [-0.39, 0.29) is 12.4 Å². The van der Waals surface area contributed by atoms with Crippen molar-refractivity contribution in [3.8, 4) is 11.5 Å². The van der Waals surface area contributed by atoms with E-state index < -0.39 is 0 Å². The summed E-state index contributed by atoms with van der Waals surface area (Å²) in [6.07, 6.45) is 0.931. The molecule has 6 heteroatoms. The number of methoxy groups -OCH3 is 2. The van der Waals surface area contributed by atoms with E-state index in [1.807, 2.05) is 18.2 Å². The first kappa shape index (κ1) is 19.9. The highest BCUT2D eigenvalue weighted by Gasteiger charge is 2.09. The summed E-state index contributed by atoms with van der Waals surface area (Å²) in [4.78, 5) is 0. The van der Waals surface area contributed by atoms with Crippen LogP contribution in [0.25, 0.3) is 0 Å². The van der Waals surface area contributed by atoms with Crippen molar-refractivity contribution in [1.82, 2.24) is 5.32 Å². The second-order valence-corrected chi connectivity index (χ2v) is 5.70. The fourth-order valence-electron chi connectivity index (χ4n) is 2.22. The molecule has 0 aromatic heterocycles. The van der Waals surface area contributed by atoms with E-state index >= 15 is 0 Å². The number of rotatable bonds is 7. The molecule has 2 rings (SSSR count). The van der Waals surface area contributed by atoms with Crippen LogP contribution in [0, 0.1) is 0 Å². The van der Waals surface area contributed by atoms with Gasteiger partial charge in [-0.3, -0.25) is 0 Å². The van der Waals surface area contributed by atoms with Crippen molar-refractivity contribution in [1.29, 1.82) is 0 Å². The Morgan fingerprint density at radius 1 is 1.00 bits per heavy atom. The van der Waals surface area contributed by atoms with Crippen LogP contribution in [0.1, 0.15) is 11.1 Å². The Morgan fingerprint density at radius 3 is 2.30 bits per heavy atom. The van der Waals surface area contributed by atoms with Gasteiger partial charge in [0.25, 0.3) is 0 Å². The lowest BCUT2D eigenvalue weighted by atomic mass is 10.1. The van der Waals surface area contributed by atoms with Crippen LogP contribution in [0.15, 0.2) is 36.4 Å². The third-order valence-corrected chi connectivity index (χ3v) is 3.85. The molecule has 0 aliphatic carbocycles. The smallest absolute Gasteiger partial charge is 0.142 e. The van der Waals surface area contributed by atoms with Crippen molar-refractivity contribution in [3.05, 3.63) is 57.6 Å². The molecular weight excluding hydrogens is 357 g/mol. The van der Waals surface area contributed by atoms with Crippen molar-refractivity contribution in [2.75, 3.05) is 20.8 Å². The van der Waals surface area contributed by atoms with Gasteiger partial charge in [-0.05, 0) is 42.8 Å². The average Bonchev–Trinajstić information content (AvgIpc) is 2.52. The lowest BCUT2D eigenvalue weighted by Crippen LogP contribution is -2.17. The Morgan fingerprint density at radius 2 is 1.70 bits per heavy atom. The minimum Gasteiger partial charge on any atom is -0.497 e. The summed E-state index contributed by atoms with van der Waals surface area (Å²) in [5, 5.41) is 4.52. The minimum atomic E-state index is 0. The van der Waals surface area contributed by atoms with Crippen LogP contribution < -0.4 is 14.8 Å². The highest BCUT2D eigenvalue weighted by Crippen LogP contribution is 2.32. The lowest BCUT2D eigenvalue weighted by Gasteiger charge is -2.12. The molecule has 0 bridgehead atoms. The van der Waals surface area contributed by atoms with Crippen molar-refractivity contribution < 1.29 is 9.47 Å². The Balaban J connectivity index is 0.00000264. The van der Waals surface area contributed by atoms with Crippen LogP contribution in [0.3, 0.4) is 0 Å². The van der Waals surface area contributed by atoms with Gasteiger partial charge in [-0.1, -0.05) is 35.3 Å². The zero-order valence-corrected chi connectivity index (χ0v) is 15.4. The van der Waals surface area contributed by atoms with Crippen LogP contribution >= 0.6 is 35.6 Å². The Labute approximate surface area is 153 Å². The molecule has 0 atom stereocenters. The average molecular weight is 377 g/mol. The zero-order chi connectivity index (χ0) is 15.9. The molecule has 1 N–H and O–H groups in total. The van der Waals surface area contributed by atoms with Gasteiger partial charge < -0.3 is 14.8 Å². The number of ether oxygens (including phenoxy) is 2. The number of nitrogens with one attached hydrogen (secondary N) is 1. The van der Waals surface area contributed by atoms with E-state index in [1.165, 1.54) is 5.56 Å². The first-order valence-corrected chi connectivity index (χ1v) is 7.75. The maximum atomic E-state index is 6.12. The molecule has 0 aliphatic heterocycles. The van der Waals surface area contributed by atoms with Gasteiger partial charge in [0.2, 0.25) is 0 Å². The van der Waals surface area contributed by atoms with Crippen LogP contribution in [-0.4, -0.2) is 20.8 Å². The molecule has 0 unspecified atom stereocenters. The molecule has 0 saturated heterocycles. The molecule has 2 aromatic carbocycles. The lowest BCUT2D eigenvalue weighted by molar-refractivity contribution is 0.408. The van der Waals surface area contributed by atoms with Crippen LogP contribution in [0.2, 0.25) is 10.0 Å². The van der Waals surface area contributed by atoms with Crippen molar-refractivity contribution in [2.45, 2.75) is 13.0 Å². The number of benzene rings is 2. The minimum absolute atomic E-state index is 0. The van der Waals surface area contributed by atoms with Gasteiger partial charge in [-0.25, -0.2) is 0 Å². The standard InChI is InChI=1S/C17H19Cl2NO2.ClH/c1-21-15-5-3-12(4-6-15)7-8-20-11-13-9-14(18)10-16(19)17(13)22-2;/h3-6,9-10,20H,7-8,11H2,1-2H3;1H. The van der Waals surface area contributed by atoms with E-state index in [1.54, 1.807) is 20.3 Å².